The summed E-state index contributed by atoms with van der Waals surface area (Å²) in [6.45, 7) is 5.87. The van der Waals surface area contributed by atoms with Gasteiger partial charge in [0.1, 0.15) is 5.75 Å². The first-order valence-electron chi connectivity index (χ1n) is 9.16. The second-order valence-corrected chi connectivity index (χ2v) is 8.94. The van der Waals surface area contributed by atoms with E-state index in [2.05, 4.69) is 42.7 Å². The molecule has 0 spiro atoms. The number of hydrogen-bond donors (Lipinski definition) is 2. The van der Waals surface area contributed by atoms with Gasteiger partial charge in [-0.05, 0) is 72.2 Å². The molecule has 3 heteroatoms. The summed E-state index contributed by atoms with van der Waals surface area (Å²) in [4.78, 5) is 1.46. The number of benzene rings is 1. The van der Waals surface area contributed by atoms with E-state index in [9.17, 15) is 5.11 Å². The predicted octanol–water partition coefficient (Wildman–Crippen LogP) is 4.51. The average molecular weight is 342 g/mol. The standard InChI is InChI=1S/C21H27NOS/c1-14-7-9-21(2)19-13-16(23)6-5-15(19)12-18(14)20(21)22-10-8-17-4-3-11-24-17/h3-6,11,13-14,18,20,22-23H,7-10,12H2,1-2H3/t14?,18-,20-,21+/m0/s1. The molecule has 1 unspecified atom stereocenters. The van der Waals surface area contributed by atoms with Crippen LogP contribution >= 0.6 is 11.3 Å². The van der Waals surface area contributed by atoms with Gasteiger partial charge < -0.3 is 10.4 Å². The number of fused-ring (bicyclic) bond motifs is 4. The molecule has 2 aliphatic carbocycles. The average Bonchev–Trinajstić information content (AvgIpc) is 3.07. The van der Waals surface area contributed by atoms with Crippen molar-refractivity contribution in [3.05, 3.63) is 51.7 Å². The largest absolute Gasteiger partial charge is 0.508 e. The van der Waals surface area contributed by atoms with Gasteiger partial charge in [0, 0.05) is 22.9 Å². The van der Waals surface area contributed by atoms with E-state index in [0.717, 1.165) is 25.3 Å². The van der Waals surface area contributed by atoms with Gasteiger partial charge in [0.15, 0.2) is 0 Å². The van der Waals surface area contributed by atoms with E-state index < -0.39 is 0 Å². The summed E-state index contributed by atoms with van der Waals surface area (Å²) in [5.41, 5.74) is 2.96. The fourth-order valence-electron chi connectivity index (χ4n) is 5.03. The van der Waals surface area contributed by atoms with Crippen molar-refractivity contribution in [1.29, 1.82) is 0 Å². The smallest absolute Gasteiger partial charge is 0.115 e. The highest BCUT2D eigenvalue weighted by molar-refractivity contribution is 7.09. The zero-order valence-electron chi connectivity index (χ0n) is 14.6. The van der Waals surface area contributed by atoms with Crippen molar-refractivity contribution >= 4 is 11.3 Å². The molecular formula is C21H27NOS. The molecule has 0 aliphatic heterocycles. The van der Waals surface area contributed by atoms with Crippen molar-refractivity contribution in [2.45, 2.75) is 51.0 Å². The van der Waals surface area contributed by atoms with Crippen molar-refractivity contribution in [2.24, 2.45) is 11.8 Å². The highest BCUT2D eigenvalue weighted by atomic mass is 32.1. The Morgan fingerprint density at radius 1 is 1.33 bits per heavy atom. The minimum absolute atomic E-state index is 0.138. The molecule has 0 radical (unpaired) electrons. The summed E-state index contributed by atoms with van der Waals surface area (Å²) in [7, 11) is 0. The van der Waals surface area contributed by atoms with Crippen molar-refractivity contribution in [3.8, 4) is 5.75 Å². The van der Waals surface area contributed by atoms with Crippen LogP contribution < -0.4 is 5.32 Å². The van der Waals surface area contributed by atoms with Crippen molar-refractivity contribution in [3.63, 3.8) is 0 Å². The molecule has 24 heavy (non-hydrogen) atoms. The van der Waals surface area contributed by atoms with Gasteiger partial charge in [0.2, 0.25) is 0 Å². The second kappa shape index (κ2) is 6.20. The Balaban J connectivity index is 1.60. The number of phenolic OH excluding ortho intramolecular Hbond substituents is 1. The normalized spacial score (nSPS) is 31.7. The lowest BCUT2D eigenvalue weighted by Crippen LogP contribution is -2.59. The molecule has 1 aromatic carbocycles. The maximum absolute atomic E-state index is 10.0. The maximum Gasteiger partial charge on any atom is 0.115 e. The van der Waals surface area contributed by atoms with Crippen molar-refractivity contribution in [1.82, 2.24) is 5.32 Å². The van der Waals surface area contributed by atoms with E-state index in [1.54, 1.807) is 0 Å². The Morgan fingerprint density at radius 3 is 3.00 bits per heavy atom. The number of thiophene rings is 1. The van der Waals surface area contributed by atoms with Gasteiger partial charge in [-0.15, -0.1) is 11.3 Å². The van der Waals surface area contributed by atoms with E-state index in [0.29, 0.717) is 17.7 Å². The topological polar surface area (TPSA) is 32.3 Å². The van der Waals surface area contributed by atoms with Crippen LogP contribution in [0.5, 0.6) is 5.75 Å². The van der Waals surface area contributed by atoms with Gasteiger partial charge in [-0.3, -0.25) is 0 Å². The monoisotopic (exact) mass is 341 g/mol. The number of rotatable bonds is 4. The van der Waals surface area contributed by atoms with Crippen molar-refractivity contribution in [2.75, 3.05) is 6.54 Å². The Labute approximate surface area is 148 Å². The Bertz CT molecular complexity index is 711. The fraction of sp³-hybridized carbons (Fsp3) is 0.524. The van der Waals surface area contributed by atoms with Crippen LogP contribution in [0.25, 0.3) is 0 Å². The lowest BCUT2D eigenvalue weighted by atomic mass is 9.54. The molecule has 4 rings (SSSR count). The second-order valence-electron chi connectivity index (χ2n) is 7.90. The van der Waals surface area contributed by atoms with E-state index in [1.165, 1.54) is 28.8 Å². The molecule has 2 bridgehead atoms. The number of hydrogen-bond acceptors (Lipinski definition) is 3. The number of phenols is 1. The van der Waals surface area contributed by atoms with Crippen LogP contribution in [0.3, 0.4) is 0 Å². The quantitative estimate of drug-likeness (QED) is 0.857. The van der Waals surface area contributed by atoms with E-state index in [4.69, 9.17) is 0 Å². The molecule has 1 saturated carbocycles. The minimum Gasteiger partial charge on any atom is -0.508 e. The van der Waals surface area contributed by atoms with Crippen LogP contribution in [0.4, 0.5) is 0 Å². The third-order valence-corrected chi connectivity index (χ3v) is 7.38. The zero-order valence-corrected chi connectivity index (χ0v) is 15.4. The molecule has 1 fully saturated rings. The molecule has 128 valence electrons. The van der Waals surface area contributed by atoms with Gasteiger partial charge in [-0.2, -0.15) is 0 Å². The van der Waals surface area contributed by atoms with E-state index in [1.807, 2.05) is 23.5 Å². The summed E-state index contributed by atoms with van der Waals surface area (Å²) in [5, 5.41) is 16.1. The molecule has 1 heterocycles. The Kier molecular flexibility index (Phi) is 4.17. The minimum atomic E-state index is 0.138. The summed E-state index contributed by atoms with van der Waals surface area (Å²) < 4.78 is 0. The van der Waals surface area contributed by atoms with Crippen LogP contribution in [0.2, 0.25) is 0 Å². The van der Waals surface area contributed by atoms with Crippen LogP contribution in [-0.2, 0) is 18.3 Å². The molecule has 2 aliphatic rings. The van der Waals surface area contributed by atoms with Crippen LogP contribution in [0.15, 0.2) is 35.7 Å². The van der Waals surface area contributed by atoms with Gasteiger partial charge in [-0.1, -0.05) is 26.0 Å². The summed E-state index contributed by atoms with van der Waals surface area (Å²) in [6, 6.07) is 10.9. The highest BCUT2D eigenvalue weighted by Crippen LogP contribution is 2.51. The van der Waals surface area contributed by atoms with E-state index in [-0.39, 0.29) is 5.41 Å². The molecule has 2 aromatic rings. The number of nitrogens with one attached hydrogen (secondary N) is 1. The van der Waals surface area contributed by atoms with Crippen LogP contribution in [0, 0.1) is 11.8 Å². The zero-order chi connectivity index (χ0) is 16.7. The molecule has 1 aromatic heterocycles. The molecule has 0 amide bonds. The van der Waals surface area contributed by atoms with Crippen LogP contribution in [0.1, 0.15) is 42.7 Å². The third-order valence-electron chi connectivity index (χ3n) is 6.44. The molecule has 2 nitrogen and oxygen atoms in total. The first kappa shape index (κ1) is 16.2. The van der Waals surface area contributed by atoms with Gasteiger partial charge >= 0.3 is 0 Å². The SMILES string of the molecule is CC1CC[C@]2(C)c3cc(O)ccc3C[C@@H]1[C@@H]2NCCc1cccs1. The van der Waals surface area contributed by atoms with Gasteiger partial charge in [0.05, 0.1) is 0 Å². The van der Waals surface area contributed by atoms with Gasteiger partial charge in [-0.25, -0.2) is 0 Å². The first-order chi connectivity index (χ1) is 11.6. The third kappa shape index (κ3) is 2.68. The predicted molar refractivity (Wildman–Crippen MR) is 101 cm³/mol. The molecular weight excluding hydrogens is 314 g/mol. The van der Waals surface area contributed by atoms with Crippen molar-refractivity contribution < 1.29 is 5.11 Å². The lowest BCUT2D eigenvalue weighted by Gasteiger charge is -2.54. The summed E-state index contributed by atoms with van der Waals surface area (Å²) in [5.74, 6) is 1.87. The van der Waals surface area contributed by atoms with E-state index >= 15 is 0 Å². The first-order valence-corrected chi connectivity index (χ1v) is 10.0. The van der Waals surface area contributed by atoms with Gasteiger partial charge in [0.25, 0.3) is 0 Å². The summed E-state index contributed by atoms with van der Waals surface area (Å²) in [6.07, 6.45) is 4.75. The summed E-state index contributed by atoms with van der Waals surface area (Å²) >= 11 is 1.85. The molecule has 4 atom stereocenters. The molecule has 2 N–H and O–H groups in total. The number of aromatic hydroxyl groups is 1. The fourth-order valence-corrected chi connectivity index (χ4v) is 5.74. The Hall–Kier alpha value is -1.32. The maximum atomic E-state index is 10.0. The van der Waals surface area contributed by atoms with Crippen LogP contribution in [-0.4, -0.2) is 17.7 Å². The Morgan fingerprint density at radius 2 is 2.21 bits per heavy atom. The lowest BCUT2D eigenvalue weighted by molar-refractivity contribution is 0.0933. The highest BCUT2D eigenvalue weighted by Gasteiger charge is 2.49. The molecule has 0 saturated heterocycles.